The van der Waals surface area contributed by atoms with Crippen LogP contribution in [0.4, 0.5) is 0 Å². The first kappa shape index (κ1) is 17.6. The lowest BCUT2D eigenvalue weighted by atomic mass is 10.2. The Morgan fingerprint density at radius 3 is 2.58 bits per heavy atom. The van der Waals surface area contributed by atoms with Crippen molar-refractivity contribution in [2.45, 2.75) is 4.21 Å². The number of hydrogen-bond acceptors (Lipinski definition) is 7. The summed E-state index contributed by atoms with van der Waals surface area (Å²) in [4.78, 5) is 4.35. The lowest BCUT2D eigenvalue weighted by molar-refractivity contribution is 0.0731. The predicted molar refractivity (Wildman–Crippen MR) is 97.6 cm³/mol. The molecule has 0 aliphatic carbocycles. The van der Waals surface area contributed by atoms with Crippen LogP contribution >= 0.6 is 22.9 Å². The van der Waals surface area contributed by atoms with Crippen LogP contribution in [-0.2, 0) is 14.8 Å². The van der Waals surface area contributed by atoms with Crippen molar-refractivity contribution in [1.29, 1.82) is 0 Å². The number of rotatable bonds is 4. The molecule has 26 heavy (non-hydrogen) atoms. The second kappa shape index (κ2) is 7.09. The van der Waals surface area contributed by atoms with Crippen molar-refractivity contribution >= 4 is 33.0 Å². The fraction of sp³-hybridized carbons (Fsp3) is 0.250. The fourth-order valence-corrected chi connectivity index (χ4v) is 5.38. The molecule has 1 fully saturated rings. The molecule has 3 aromatic rings. The number of morpholine rings is 1. The van der Waals surface area contributed by atoms with Crippen molar-refractivity contribution in [2.24, 2.45) is 0 Å². The highest BCUT2D eigenvalue weighted by atomic mass is 35.5. The van der Waals surface area contributed by atoms with Gasteiger partial charge in [-0.3, -0.25) is 0 Å². The normalized spacial score (nSPS) is 16.0. The average molecular weight is 412 g/mol. The van der Waals surface area contributed by atoms with Crippen LogP contribution in [-0.4, -0.2) is 49.2 Å². The maximum atomic E-state index is 12.7. The zero-order valence-corrected chi connectivity index (χ0v) is 15.9. The molecule has 7 nitrogen and oxygen atoms in total. The molecule has 0 spiro atoms. The highest BCUT2D eigenvalue weighted by Gasteiger charge is 2.28. The maximum Gasteiger partial charge on any atom is 0.259 e. The molecule has 1 aliphatic rings. The van der Waals surface area contributed by atoms with Crippen LogP contribution < -0.4 is 0 Å². The summed E-state index contributed by atoms with van der Waals surface area (Å²) in [5.74, 6) is 0.690. The Morgan fingerprint density at radius 2 is 1.85 bits per heavy atom. The lowest BCUT2D eigenvalue weighted by Crippen LogP contribution is -2.40. The van der Waals surface area contributed by atoms with Gasteiger partial charge in [-0.05, 0) is 30.3 Å². The monoisotopic (exact) mass is 411 g/mol. The average Bonchev–Trinajstić information content (AvgIpc) is 3.33. The third kappa shape index (κ3) is 3.40. The van der Waals surface area contributed by atoms with Gasteiger partial charge in [-0.15, -0.1) is 11.3 Å². The summed E-state index contributed by atoms with van der Waals surface area (Å²) in [5.41, 5.74) is 1.34. The molecule has 3 heterocycles. The summed E-state index contributed by atoms with van der Waals surface area (Å²) >= 11 is 7.01. The molecule has 0 unspecified atom stereocenters. The van der Waals surface area contributed by atoms with Crippen LogP contribution in [0.5, 0.6) is 0 Å². The van der Waals surface area contributed by atoms with Gasteiger partial charge in [0, 0.05) is 29.1 Å². The zero-order chi connectivity index (χ0) is 18.1. The van der Waals surface area contributed by atoms with Gasteiger partial charge in [0.25, 0.3) is 15.9 Å². The molecule has 0 radical (unpaired) electrons. The minimum absolute atomic E-state index is 0.251. The molecule has 0 N–H and O–H groups in total. The summed E-state index contributed by atoms with van der Waals surface area (Å²) in [7, 11) is -3.53. The van der Waals surface area contributed by atoms with Gasteiger partial charge < -0.3 is 9.26 Å². The Labute approximate surface area is 159 Å². The van der Waals surface area contributed by atoms with E-state index in [1.54, 1.807) is 35.7 Å². The zero-order valence-electron chi connectivity index (χ0n) is 13.5. The van der Waals surface area contributed by atoms with Gasteiger partial charge in [0.1, 0.15) is 4.21 Å². The predicted octanol–water partition coefficient (Wildman–Crippen LogP) is 3.14. The number of aromatic nitrogens is 2. The lowest BCUT2D eigenvalue weighted by Gasteiger charge is -2.25. The third-order valence-electron chi connectivity index (χ3n) is 3.92. The summed E-state index contributed by atoms with van der Waals surface area (Å²) in [6.45, 7) is 1.53. The van der Waals surface area contributed by atoms with E-state index in [1.807, 2.05) is 0 Å². The maximum absolute atomic E-state index is 12.7. The molecular weight excluding hydrogens is 398 g/mol. The molecule has 0 atom stereocenters. The largest absolute Gasteiger partial charge is 0.379 e. The standard InChI is InChI=1S/C16H14ClN3O4S2/c17-13-3-1-11(2-4-13)15-18-16(24-19-15)12-9-14(25-10-12)26(21,22)20-5-7-23-8-6-20/h1-4,9-10H,5-8H2. The van der Waals surface area contributed by atoms with Gasteiger partial charge in [-0.25, -0.2) is 8.42 Å². The number of benzene rings is 1. The Bertz CT molecular complexity index is 1010. The molecule has 0 amide bonds. The number of nitrogens with zero attached hydrogens (tertiary/aromatic N) is 3. The highest BCUT2D eigenvalue weighted by Crippen LogP contribution is 2.31. The summed E-state index contributed by atoms with van der Waals surface area (Å²) in [6, 6.07) is 8.63. The van der Waals surface area contributed by atoms with Crippen molar-refractivity contribution in [3.8, 4) is 22.8 Å². The highest BCUT2D eigenvalue weighted by molar-refractivity contribution is 7.91. The van der Waals surface area contributed by atoms with Gasteiger partial charge in [0.05, 0.1) is 18.8 Å². The number of halogens is 1. The molecule has 1 aromatic carbocycles. The van der Waals surface area contributed by atoms with Gasteiger partial charge in [-0.2, -0.15) is 9.29 Å². The van der Waals surface area contributed by atoms with Crippen LogP contribution in [0.3, 0.4) is 0 Å². The molecule has 1 saturated heterocycles. The molecule has 2 aromatic heterocycles. The number of ether oxygens (including phenoxy) is 1. The van der Waals surface area contributed by atoms with Crippen LogP contribution in [0, 0.1) is 0 Å². The topological polar surface area (TPSA) is 85.5 Å². The smallest absolute Gasteiger partial charge is 0.259 e. The number of thiophene rings is 1. The van der Waals surface area contributed by atoms with Crippen molar-refractivity contribution in [1.82, 2.24) is 14.4 Å². The van der Waals surface area contributed by atoms with E-state index in [9.17, 15) is 8.42 Å². The second-order valence-corrected chi connectivity index (χ2v) is 9.11. The van der Waals surface area contributed by atoms with Crippen LogP contribution in [0.25, 0.3) is 22.8 Å². The summed E-state index contributed by atoms with van der Waals surface area (Å²) in [5, 5.41) is 6.27. The van der Waals surface area contributed by atoms with E-state index >= 15 is 0 Å². The summed E-state index contributed by atoms with van der Waals surface area (Å²) in [6.07, 6.45) is 0. The van der Waals surface area contributed by atoms with Crippen LogP contribution in [0.2, 0.25) is 5.02 Å². The van der Waals surface area contributed by atoms with Crippen molar-refractivity contribution < 1.29 is 17.7 Å². The van der Waals surface area contributed by atoms with Gasteiger partial charge in [-0.1, -0.05) is 16.8 Å². The second-order valence-electron chi connectivity index (χ2n) is 5.60. The molecule has 0 bridgehead atoms. The first-order valence-corrected chi connectivity index (χ1v) is 10.5. The Kier molecular flexibility index (Phi) is 4.80. The van der Waals surface area contributed by atoms with Crippen molar-refractivity contribution in [3.05, 3.63) is 40.7 Å². The van der Waals surface area contributed by atoms with Crippen LogP contribution in [0.15, 0.2) is 44.4 Å². The Hall–Kier alpha value is -1.78. The SMILES string of the molecule is O=S(=O)(c1cc(-c2nc(-c3ccc(Cl)cc3)no2)cs1)N1CCOCC1. The Morgan fingerprint density at radius 1 is 1.12 bits per heavy atom. The van der Waals surface area contributed by atoms with E-state index < -0.39 is 10.0 Å². The van der Waals surface area contributed by atoms with Gasteiger partial charge in [0.15, 0.2) is 0 Å². The first-order valence-electron chi connectivity index (χ1n) is 7.80. The summed E-state index contributed by atoms with van der Waals surface area (Å²) < 4.78 is 37.6. The van der Waals surface area contributed by atoms with E-state index in [4.69, 9.17) is 20.9 Å². The number of sulfonamides is 1. The minimum Gasteiger partial charge on any atom is -0.379 e. The minimum atomic E-state index is -3.53. The van der Waals surface area contributed by atoms with Crippen molar-refractivity contribution in [2.75, 3.05) is 26.3 Å². The quantitative estimate of drug-likeness (QED) is 0.655. The van der Waals surface area contributed by atoms with E-state index in [0.29, 0.717) is 42.7 Å². The van der Waals surface area contributed by atoms with E-state index in [2.05, 4.69) is 10.1 Å². The molecule has 0 saturated carbocycles. The number of hydrogen-bond donors (Lipinski definition) is 0. The molecule has 4 rings (SSSR count). The third-order valence-corrected chi connectivity index (χ3v) is 7.48. The molecule has 10 heteroatoms. The van der Waals surface area contributed by atoms with E-state index in [-0.39, 0.29) is 10.1 Å². The molecule has 1 aliphatic heterocycles. The van der Waals surface area contributed by atoms with Crippen LogP contribution in [0.1, 0.15) is 0 Å². The molecule has 136 valence electrons. The van der Waals surface area contributed by atoms with Crippen molar-refractivity contribution in [3.63, 3.8) is 0 Å². The molecular formula is C16H14ClN3O4S2. The van der Waals surface area contributed by atoms with E-state index in [0.717, 1.165) is 16.9 Å². The fourth-order valence-electron chi connectivity index (χ4n) is 2.54. The van der Waals surface area contributed by atoms with Gasteiger partial charge in [0.2, 0.25) is 5.82 Å². The first-order chi connectivity index (χ1) is 12.5. The van der Waals surface area contributed by atoms with Gasteiger partial charge >= 0.3 is 0 Å². The Balaban J connectivity index is 1.59. The van der Waals surface area contributed by atoms with E-state index in [1.165, 1.54) is 4.31 Å².